The van der Waals surface area contributed by atoms with Gasteiger partial charge in [-0.2, -0.15) is 0 Å². The minimum absolute atomic E-state index is 0.120. The highest BCUT2D eigenvalue weighted by molar-refractivity contribution is 9.10. The van der Waals surface area contributed by atoms with E-state index in [-0.39, 0.29) is 28.9 Å². The number of nitrogens with one attached hydrogen (secondary N) is 1. The van der Waals surface area contributed by atoms with Crippen molar-refractivity contribution in [1.29, 1.82) is 0 Å². The molecule has 1 aromatic carbocycles. The van der Waals surface area contributed by atoms with Crippen molar-refractivity contribution in [3.63, 3.8) is 0 Å². The molecule has 0 atom stereocenters. The molecule has 0 radical (unpaired) electrons. The number of halogens is 1. The van der Waals surface area contributed by atoms with Crippen molar-refractivity contribution in [3.8, 4) is 5.75 Å². The molecule has 0 aliphatic carbocycles. The first-order chi connectivity index (χ1) is 11.9. The van der Waals surface area contributed by atoms with Gasteiger partial charge in [0.05, 0.1) is 5.56 Å². The summed E-state index contributed by atoms with van der Waals surface area (Å²) in [6.07, 6.45) is 0.448. The molecule has 9 heteroatoms. The number of hydrogen-bond donors (Lipinski definition) is 2. The van der Waals surface area contributed by atoms with E-state index in [2.05, 4.69) is 20.9 Å². The molecule has 0 fully saturated rings. The molecule has 0 saturated heterocycles. The van der Waals surface area contributed by atoms with Crippen molar-refractivity contribution < 1.29 is 19.1 Å². The van der Waals surface area contributed by atoms with Crippen molar-refractivity contribution in [3.05, 3.63) is 57.3 Å². The lowest BCUT2D eigenvalue weighted by Gasteiger charge is -2.19. The lowest BCUT2D eigenvalue weighted by molar-refractivity contribution is -0.118. The van der Waals surface area contributed by atoms with Crippen LogP contribution in [0.2, 0.25) is 0 Å². The van der Waals surface area contributed by atoms with Gasteiger partial charge in [-0.15, -0.1) is 0 Å². The monoisotopic (exact) mass is 423 g/mol. The topological polar surface area (TPSA) is 105 Å². The summed E-state index contributed by atoms with van der Waals surface area (Å²) >= 11 is 8.33. The molecular formula is C16H14BrN3O4S. The van der Waals surface area contributed by atoms with E-state index in [4.69, 9.17) is 22.7 Å². The van der Waals surface area contributed by atoms with Crippen LogP contribution in [0.15, 0.2) is 47.1 Å². The fourth-order valence-electron chi connectivity index (χ4n) is 1.89. The van der Waals surface area contributed by atoms with E-state index in [0.29, 0.717) is 0 Å². The second-order valence-electron chi connectivity index (χ2n) is 4.91. The minimum atomic E-state index is -0.924. The van der Waals surface area contributed by atoms with Crippen LogP contribution in [0, 0.1) is 4.64 Å². The molecule has 7 nitrogen and oxygen atoms in total. The molecule has 3 N–H and O–H groups in total. The number of rotatable bonds is 5. The molecule has 3 amide bonds. The largest absolute Gasteiger partial charge is 0.422 e. The van der Waals surface area contributed by atoms with Crippen LogP contribution in [0.4, 0.5) is 4.79 Å². The maximum Gasteiger partial charge on any atom is 0.422 e. The quantitative estimate of drug-likeness (QED) is 0.718. The number of ether oxygens (including phenoxy) is 1. The number of nitrogens with two attached hydrogens (primary N) is 1. The van der Waals surface area contributed by atoms with Gasteiger partial charge in [0.25, 0.3) is 5.91 Å². The molecular weight excluding hydrogens is 410 g/mol. The Morgan fingerprint density at radius 3 is 2.48 bits per heavy atom. The molecule has 0 aliphatic rings. The summed E-state index contributed by atoms with van der Waals surface area (Å²) in [6, 6.07) is 9.55. The van der Waals surface area contributed by atoms with Crippen LogP contribution in [0.25, 0.3) is 0 Å². The highest BCUT2D eigenvalue weighted by Gasteiger charge is 2.26. The average Bonchev–Trinajstić information content (AvgIpc) is 2.57. The van der Waals surface area contributed by atoms with Crippen LogP contribution in [-0.4, -0.2) is 34.3 Å². The predicted octanol–water partition coefficient (Wildman–Crippen LogP) is 3.02. The van der Waals surface area contributed by atoms with Crippen LogP contribution >= 0.6 is 28.1 Å². The van der Waals surface area contributed by atoms with Gasteiger partial charge in [-0.3, -0.25) is 9.59 Å². The Morgan fingerprint density at radius 2 is 1.88 bits per heavy atom. The molecule has 1 aromatic heterocycles. The molecule has 25 heavy (non-hydrogen) atoms. The molecule has 2 rings (SSSR count). The highest BCUT2D eigenvalue weighted by atomic mass is 79.9. The smallest absolute Gasteiger partial charge is 0.410 e. The summed E-state index contributed by atoms with van der Waals surface area (Å²) < 4.78 is 6.18. The number of hydrogen-bond acceptors (Lipinski definition) is 5. The molecule has 2 aromatic rings. The van der Waals surface area contributed by atoms with Crippen LogP contribution < -0.4 is 10.5 Å². The second-order valence-corrected chi connectivity index (χ2v) is 6.23. The molecule has 130 valence electrons. The number of carbonyl (C=O) groups excluding carboxylic acids is 3. The predicted molar refractivity (Wildman–Crippen MR) is 96.6 cm³/mol. The van der Waals surface area contributed by atoms with Crippen molar-refractivity contribution in [2.75, 3.05) is 6.54 Å². The number of H-pyrrole nitrogens is 1. The van der Waals surface area contributed by atoms with Gasteiger partial charge in [-0.05, 0) is 36.4 Å². The van der Waals surface area contributed by atoms with Gasteiger partial charge in [0, 0.05) is 23.6 Å². The molecule has 0 unspecified atom stereocenters. The summed E-state index contributed by atoms with van der Waals surface area (Å²) in [7, 11) is 0. The Bertz CT molecular complexity index is 851. The number of aromatic amines is 1. The van der Waals surface area contributed by atoms with E-state index >= 15 is 0 Å². The number of benzene rings is 1. The number of aromatic nitrogens is 1. The molecule has 0 aliphatic heterocycles. The lowest BCUT2D eigenvalue weighted by atomic mass is 10.2. The fourth-order valence-corrected chi connectivity index (χ4v) is 2.38. The van der Waals surface area contributed by atoms with Crippen LogP contribution in [0.1, 0.15) is 16.8 Å². The van der Waals surface area contributed by atoms with E-state index < -0.39 is 17.9 Å². The minimum Gasteiger partial charge on any atom is -0.410 e. The van der Waals surface area contributed by atoms with Gasteiger partial charge >= 0.3 is 6.09 Å². The van der Waals surface area contributed by atoms with Crippen molar-refractivity contribution in [1.82, 2.24) is 9.88 Å². The van der Waals surface area contributed by atoms with Gasteiger partial charge in [-0.25, -0.2) is 9.69 Å². The maximum atomic E-state index is 12.6. The first-order valence-electron chi connectivity index (χ1n) is 7.13. The number of pyridine rings is 1. The third-order valence-corrected chi connectivity index (χ3v) is 3.98. The Hall–Kier alpha value is -2.52. The lowest BCUT2D eigenvalue weighted by Crippen LogP contribution is -2.41. The number of carbonyl (C=O) groups is 3. The van der Waals surface area contributed by atoms with E-state index in [1.165, 1.54) is 6.07 Å². The van der Waals surface area contributed by atoms with Gasteiger partial charge in [-0.1, -0.05) is 28.1 Å². The number of nitrogens with zero attached hydrogens (tertiary/aromatic N) is 1. The fraction of sp³-hybridized carbons (Fsp3) is 0.125. The molecule has 1 heterocycles. The average molecular weight is 424 g/mol. The van der Waals surface area contributed by atoms with E-state index in [1.807, 2.05) is 0 Å². The van der Waals surface area contributed by atoms with Gasteiger partial charge < -0.3 is 15.5 Å². The van der Waals surface area contributed by atoms with Crippen LogP contribution in [0.3, 0.4) is 0 Å². The summed E-state index contributed by atoms with van der Waals surface area (Å²) in [6.45, 7) is -0.215. The van der Waals surface area contributed by atoms with Gasteiger partial charge in [0.2, 0.25) is 5.91 Å². The molecule has 0 bridgehead atoms. The summed E-state index contributed by atoms with van der Waals surface area (Å²) in [5.74, 6) is -1.07. The Kier molecular flexibility index (Phi) is 6.43. The van der Waals surface area contributed by atoms with Crippen molar-refractivity contribution >= 4 is 46.1 Å². The number of amides is 3. The highest BCUT2D eigenvalue weighted by Crippen LogP contribution is 2.17. The van der Waals surface area contributed by atoms with Crippen LogP contribution in [-0.2, 0) is 4.79 Å². The van der Waals surface area contributed by atoms with Crippen molar-refractivity contribution in [2.45, 2.75) is 6.42 Å². The third kappa shape index (κ3) is 5.23. The van der Waals surface area contributed by atoms with Gasteiger partial charge in [0.1, 0.15) is 10.4 Å². The SMILES string of the molecule is NC(=O)CCN(C(=O)Oc1ccc(Br)cc1)C(=O)c1ccc[nH]c1=S. The van der Waals surface area contributed by atoms with E-state index in [0.717, 1.165) is 9.37 Å². The first-order valence-corrected chi connectivity index (χ1v) is 8.34. The summed E-state index contributed by atoms with van der Waals surface area (Å²) in [5.41, 5.74) is 5.24. The number of primary amides is 1. The maximum absolute atomic E-state index is 12.6. The third-order valence-electron chi connectivity index (χ3n) is 3.11. The Morgan fingerprint density at radius 1 is 1.20 bits per heavy atom. The first kappa shape index (κ1) is 18.8. The van der Waals surface area contributed by atoms with E-state index in [9.17, 15) is 14.4 Å². The normalized spacial score (nSPS) is 10.1. The van der Waals surface area contributed by atoms with Crippen LogP contribution in [0.5, 0.6) is 5.75 Å². The Balaban J connectivity index is 2.25. The summed E-state index contributed by atoms with van der Waals surface area (Å²) in [5, 5.41) is 0. The number of imide groups is 1. The molecule has 0 saturated carbocycles. The standard InChI is InChI=1S/C16H14BrN3O4S/c17-10-3-5-11(6-4-10)24-16(23)20(9-7-13(18)21)15(22)12-2-1-8-19-14(12)25/h1-6,8H,7,9H2,(H2,18,21)(H,19,25). The van der Waals surface area contributed by atoms with Gasteiger partial charge in [0.15, 0.2) is 0 Å². The summed E-state index contributed by atoms with van der Waals surface area (Å²) in [4.78, 5) is 39.6. The zero-order valence-electron chi connectivity index (χ0n) is 12.9. The van der Waals surface area contributed by atoms with E-state index in [1.54, 1.807) is 36.5 Å². The Labute approximate surface area is 156 Å². The second kappa shape index (κ2) is 8.54. The molecule has 0 spiro atoms. The zero-order valence-corrected chi connectivity index (χ0v) is 15.3. The zero-order chi connectivity index (χ0) is 18.4. The van der Waals surface area contributed by atoms with Crippen molar-refractivity contribution in [2.24, 2.45) is 5.73 Å².